The Bertz CT molecular complexity index is 1420. The number of methoxy groups -OCH3 is 1. The summed E-state index contributed by atoms with van der Waals surface area (Å²) in [4.78, 5) is 39.0. The Morgan fingerprint density at radius 2 is 1.94 bits per heavy atom. The van der Waals surface area contributed by atoms with Crippen LogP contribution < -0.4 is 21.3 Å². The second kappa shape index (κ2) is 8.19. The van der Waals surface area contributed by atoms with E-state index in [4.69, 9.17) is 4.74 Å². The second-order valence-corrected chi connectivity index (χ2v) is 7.74. The minimum absolute atomic E-state index is 0.269. The van der Waals surface area contributed by atoms with Crippen LogP contribution in [0.4, 0.5) is 10.1 Å². The Kier molecular flexibility index (Phi) is 5.43. The Morgan fingerprint density at radius 3 is 2.68 bits per heavy atom. The third kappa shape index (κ3) is 3.75. The zero-order valence-electron chi connectivity index (χ0n) is 16.7. The molecule has 4 rings (SSSR count). The van der Waals surface area contributed by atoms with Crippen LogP contribution in [0.3, 0.4) is 0 Å². The zero-order valence-corrected chi connectivity index (χ0v) is 17.5. The minimum Gasteiger partial charge on any atom is -0.495 e. The predicted octanol–water partition coefficient (Wildman–Crippen LogP) is 3.31. The first kappa shape index (κ1) is 20.5. The van der Waals surface area contributed by atoms with E-state index in [0.717, 1.165) is 4.57 Å². The molecule has 7 nitrogen and oxygen atoms in total. The van der Waals surface area contributed by atoms with Gasteiger partial charge < -0.3 is 10.1 Å². The van der Waals surface area contributed by atoms with Crippen molar-refractivity contribution in [2.45, 2.75) is 13.5 Å². The number of carbonyl (C=O) groups is 1. The number of ether oxygens (including phenoxy) is 1. The van der Waals surface area contributed by atoms with Crippen molar-refractivity contribution in [3.63, 3.8) is 0 Å². The largest absolute Gasteiger partial charge is 0.495 e. The number of thiophene rings is 1. The number of amides is 1. The van der Waals surface area contributed by atoms with E-state index in [9.17, 15) is 18.8 Å². The molecule has 0 saturated carbocycles. The van der Waals surface area contributed by atoms with Gasteiger partial charge in [-0.1, -0.05) is 12.1 Å². The summed E-state index contributed by atoms with van der Waals surface area (Å²) in [5.41, 5.74) is 0.344. The van der Waals surface area contributed by atoms with Crippen LogP contribution in [-0.2, 0) is 11.3 Å². The molecule has 0 aliphatic carbocycles. The van der Waals surface area contributed by atoms with E-state index >= 15 is 0 Å². The molecule has 0 fully saturated rings. The number of benzene rings is 2. The van der Waals surface area contributed by atoms with Gasteiger partial charge in [0, 0.05) is 0 Å². The number of para-hydroxylation sites is 2. The van der Waals surface area contributed by atoms with Gasteiger partial charge in [-0.15, -0.1) is 11.3 Å². The Labute approximate surface area is 180 Å². The molecule has 2 aromatic heterocycles. The standard InChI is InChI=1S/C22H18FN3O4S/c1-13-11-14(23)7-8-16(13)26-21(28)20-17(9-10-31-20)25(22(26)29)12-19(27)24-15-5-3-4-6-18(15)30-2/h3-11H,12H2,1-2H3,(H,24,27). The van der Waals surface area contributed by atoms with Gasteiger partial charge in [-0.2, -0.15) is 0 Å². The van der Waals surface area contributed by atoms with Gasteiger partial charge in [0.05, 0.1) is 24.0 Å². The zero-order chi connectivity index (χ0) is 22.1. The van der Waals surface area contributed by atoms with Gasteiger partial charge in [-0.05, 0) is 54.3 Å². The van der Waals surface area contributed by atoms with E-state index in [0.29, 0.717) is 27.2 Å². The van der Waals surface area contributed by atoms with E-state index in [1.807, 2.05) is 0 Å². The number of nitrogens with zero attached hydrogens (tertiary/aromatic N) is 2. The SMILES string of the molecule is COc1ccccc1NC(=O)Cn1c(=O)n(-c2ccc(F)cc2C)c(=O)c2sccc21. The van der Waals surface area contributed by atoms with Crippen molar-refractivity contribution in [2.24, 2.45) is 0 Å². The molecule has 0 saturated heterocycles. The summed E-state index contributed by atoms with van der Waals surface area (Å²) in [5.74, 6) is -0.445. The molecule has 1 N–H and O–H groups in total. The normalized spacial score (nSPS) is 10.9. The number of hydrogen-bond acceptors (Lipinski definition) is 5. The highest BCUT2D eigenvalue weighted by Gasteiger charge is 2.19. The van der Waals surface area contributed by atoms with Gasteiger partial charge in [0.15, 0.2) is 0 Å². The highest BCUT2D eigenvalue weighted by molar-refractivity contribution is 7.17. The molecule has 1 amide bonds. The Hall–Kier alpha value is -3.72. The van der Waals surface area contributed by atoms with Crippen LogP contribution in [-0.4, -0.2) is 22.2 Å². The van der Waals surface area contributed by atoms with Crippen LogP contribution in [0, 0.1) is 12.7 Å². The maximum absolute atomic E-state index is 13.6. The third-order valence-corrected chi connectivity index (χ3v) is 5.73. The number of rotatable bonds is 5. The maximum atomic E-state index is 13.6. The third-order valence-electron chi connectivity index (χ3n) is 4.84. The number of nitrogens with one attached hydrogen (secondary N) is 1. The number of anilines is 1. The molecule has 2 heterocycles. The number of aryl methyl sites for hydroxylation is 1. The number of hydrogen-bond donors (Lipinski definition) is 1. The maximum Gasteiger partial charge on any atom is 0.336 e. The fourth-order valence-corrected chi connectivity index (χ4v) is 4.23. The lowest BCUT2D eigenvalue weighted by Crippen LogP contribution is -2.40. The average Bonchev–Trinajstić information content (AvgIpc) is 3.23. The summed E-state index contributed by atoms with van der Waals surface area (Å²) in [6, 6.07) is 12.4. The summed E-state index contributed by atoms with van der Waals surface area (Å²) in [7, 11) is 1.49. The summed E-state index contributed by atoms with van der Waals surface area (Å²) in [6.45, 7) is 1.30. The molecule has 158 valence electrons. The summed E-state index contributed by atoms with van der Waals surface area (Å²) in [5, 5.41) is 4.41. The van der Waals surface area contributed by atoms with Gasteiger partial charge in [0.25, 0.3) is 5.56 Å². The quantitative estimate of drug-likeness (QED) is 0.517. The Morgan fingerprint density at radius 1 is 1.16 bits per heavy atom. The lowest BCUT2D eigenvalue weighted by atomic mass is 10.2. The van der Waals surface area contributed by atoms with Crippen LogP contribution >= 0.6 is 11.3 Å². The van der Waals surface area contributed by atoms with Crippen LogP contribution in [0.5, 0.6) is 5.75 Å². The minimum atomic E-state index is -0.680. The molecule has 0 aliphatic heterocycles. The van der Waals surface area contributed by atoms with Crippen molar-refractivity contribution in [1.29, 1.82) is 0 Å². The van der Waals surface area contributed by atoms with Gasteiger partial charge in [-0.3, -0.25) is 14.2 Å². The fraction of sp³-hybridized carbons (Fsp3) is 0.136. The monoisotopic (exact) mass is 439 g/mol. The molecule has 0 spiro atoms. The van der Waals surface area contributed by atoms with E-state index < -0.39 is 23.0 Å². The second-order valence-electron chi connectivity index (χ2n) is 6.82. The van der Waals surface area contributed by atoms with Crippen molar-refractivity contribution in [3.05, 3.63) is 86.1 Å². The van der Waals surface area contributed by atoms with Crippen LogP contribution in [0.15, 0.2) is 63.5 Å². The Balaban J connectivity index is 1.81. The van der Waals surface area contributed by atoms with Gasteiger partial charge in [-0.25, -0.2) is 13.8 Å². The molecule has 0 aliphatic rings. The van der Waals surface area contributed by atoms with Crippen molar-refractivity contribution in [3.8, 4) is 11.4 Å². The first-order chi connectivity index (χ1) is 14.9. The van der Waals surface area contributed by atoms with Gasteiger partial charge >= 0.3 is 5.69 Å². The number of halogens is 1. The molecule has 0 unspecified atom stereocenters. The smallest absolute Gasteiger partial charge is 0.336 e. The lowest BCUT2D eigenvalue weighted by Gasteiger charge is -2.14. The molecule has 0 atom stereocenters. The highest BCUT2D eigenvalue weighted by atomic mass is 32.1. The van der Waals surface area contributed by atoms with Crippen molar-refractivity contribution < 1.29 is 13.9 Å². The molecule has 4 aromatic rings. The molecular weight excluding hydrogens is 421 g/mol. The van der Waals surface area contributed by atoms with E-state index in [-0.39, 0.29) is 12.2 Å². The first-order valence-electron chi connectivity index (χ1n) is 9.33. The topological polar surface area (TPSA) is 82.3 Å². The molecule has 31 heavy (non-hydrogen) atoms. The average molecular weight is 439 g/mol. The van der Waals surface area contributed by atoms with Crippen LogP contribution in [0.2, 0.25) is 0 Å². The summed E-state index contributed by atoms with van der Waals surface area (Å²) < 4.78 is 21.3. The van der Waals surface area contributed by atoms with E-state index in [1.165, 1.54) is 41.2 Å². The van der Waals surface area contributed by atoms with E-state index in [2.05, 4.69) is 5.32 Å². The number of aromatic nitrogens is 2. The summed E-state index contributed by atoms with van der Waals surface area (Å²) in [6.07, 6.45) is 0. The first-order valence-corrected chi connectivity index (χ1v) is 10.2. The fourth-order valence-electron chi connectivity index (χ4n) is 3.40. The van der Waals surface area contributed by atoms with Crippen molar-refractivity contribution in [2.75, 3.05) is 12.4 Å². The number of carbonyl (C=O) groups excluding carboxylic acids is 1. The molecule has 0 bridgehead atoms. The predicted molar refractivity (Wildman–Crippen MR) is 118 cm³/mol. The molecule has 9 heteroatoms. The molecule has 0 radical (unpaired) electrons. The van der Waals surface area contributed by atoms with Gasteiger partial charge in [0.1, 0.15) is 22.8 Å². The summed E-state index contributed by atoms with van der Waals surface area (Å²) >= 11 is 1.17. The molecule has 2 aromatic carbocycles. The molecular formula is C22H18FN3O4S. The number of fused-ring (bicyclic) bond motifs is 1. The lowest BCUT2D eigenvalue weighted by molar-refractivity contribution is -0.116. The van der Waals surface area contributed by atoms with Gasteiger partial charge in [0.2, 0.25) is 5.91 Å². The highest BCUT2D eigenvalue weighted by Crippen LogP contribution is 2.23. The van der Waals surface area contributed by atoms with E-state index in [1.54, 1.807) is 42.6 Å². The van der Waals surface area contributed by atoms with Crippen LogP contribution in [0.1, 0.15) is 5.56 Å². The van der Waals surface area contributed by atoms with Crippen molar-refractivity contribution in [1.82, 2.24) is 9.13 Å². The van der Waals surface area contributed by atoms with Crippen molar-refractivity contribution >= 4 is 33.1 Å². The van der Waals surface area contributed by atoms with Crippen LogP contribution in [0.25, 0.3) is 15.9 Å².